The van der Waals surface area contributed by atoms with Crippen LogP contribution in [0.4, 0.5) is 0 Å². The number of benzene rings is 6. The zero-order chi connectivity index (χ0) is 37.2. The van der Waals surface area contributed by atoms with Gasteiger partial charge in [0.1, 0.15) is 0 Å². The summed E-state index contributed by atoms with van der Waals surface area (Å²) in [5.74, 6) is 0. The first-order valence-electron chi connectivity index (χ1n) is 19.4. The quantitative estimate of drug-likeness (QED) is 0.122. The second-order valence-corrected chi connectivity index (χ2v) is 23.6. The maximum absolute atomic E-state index is 3.72. The predicted octanol–water partition coefficient (Wildman–Crippen LogP) is 8.70. The predicted molar refractivity (Wildman–Crippen MR) is 235 cm³/mol. The molecule has 0 fully saturated rings. The van der Waals surface area contributed by atoms with E-state index in [0.29, 0.717) is 3.63 Å². The average molecular weight is 981 g/mol. The van der Waals surface area contributed by atoms with Crippen LogP contribution in [0.1, 0.15) is 68.8 Å². The summed E-state index contributed by atoms with van der Waals surface area (Å²) in [5, 5.41) is 0. The van der Waals surface area contributed by atoms with E-state index in [1.165, 1.54) is 68.5 Å². The smallest absolute Gasteiger partial charge is 1.00 e. The minimum atomic E-state index is -2.81. The fourth-order valence-electron chi connectivity index (χ4n) is 8.87. The summed E-state index contributed by atoms with van der Waals surface area (Å²) in [7, 11) is 0. The van der Waals surface area contributed by atoms with Gasteiger partial charge in [-0.25, -0.2) is 0 Å². The molecule has 0 heterocycles. The third kappa shape index (κ3) is 8.89. The molecule has 8 rings (SSSR count). The van der Waals surface area contributed by atoms with E-state index in [4.69, 9.17) is 0 Å². The first kappa shape index (κ1) is 42.7. The molecular formula is C51H46Br2Cl2Zr. The van der Waals surface area contributed by atoms with Gasteiger partial charge in [0.05, 0.1) is 0 Å². The third-order valence-corrected chi connectivity index (χ3v) is 20.6. The van der Waals surface area contributed by atoms with Crippen molar-refractivity contribution in [3.05, 3.63) is 197 Å². The molecule has 6 aromatic rings. The fourth-order valence-corrected chi connectivity index (χ4v) is 18.7. The van der Waals surface area contributed by atoms with Crippen molar-refractivity contribution in [2.24, 2.45) is 0 Å². The van der Waals surface area contributed by atoms with E-state index in [2.05, 4.69) is 198 Å². The monoisotopic (exact) mass is 976 g/mol. The number of allylic oxidation sites excluding steroid dienone is 4. The molecule has 2 aliphatic rings. The molecule has 0 radical (unpaired) electrons. The van der Waals surface area contributed by atoms with Crippen molar-refractivity contribution >= 4 is 35.1 Å². The van der Waals surface area contributed by atoms with Crippen LogP contribution in [0.25, 0.3) is 33.4 Å². The molecule has 0 bridgehead atoms. The zero-order valence-corrected chi connectivity index (χ0v) is 39.3. The minimum Gasteiger partial charge on any atom is -1.00 e. The van der Waals surface area contributed by atoms with Gasteiger partial charge in [-0.1, -0.05) is 0 Å². The first-order chi connectivity index (χ1) is 26.4. The Morgan fingerprint density at radius 1 is 0.661 bits per heavy atom. The van der Waals surface area contributed by atoms with E-state index in [9.17, 15) is 0 Å². The van der Waals surface area contributed by atoms with Crippen LogP contribution in [0.5, 0.6) is 0 Å². The molecular weight excluding hydrogens is 934 g/mol. The van der Waals surface area contributed by atoms with Gasteiger partial charge in [-0.2, -0.15) is 0 Å². The molecule has 0 saturated carbocycles. The Balaban J connectivity index is 0.00000266. The van der Waals surface area contributed by atoms with Gasteiger partial charge in [-0.3, -0.25) is 0 Å². The van der Waals surface area contributed by atoms with Crippen LogP contribution in [0.2, 0.25) is 0 Å². The Kier molecular flexibility index (Phi) is 14.7. The van der Waals surface area contributed by atoms with Crippen LogP contribution in [-0.2, 0) is 40.5 Å². The molecule has 0 N–H and O–H groups in total. The molecule has 282 valence electrons. The maximum Gasteiger partial charge on any atom is -1.00 e. The summed E-state index contributed by atoms with van der Waals surface area (Å²) in [6.07, 6.45) is 13.8. The second-order valence-electron chi connectivity index (χ2n) is 15.0. The molecule has 1 atom stereocenters. The normalized spacial score (nSPS) is 13.5. The summed E-state index contributed by atoms with van der Waals surface area (Å²) < 4.78 is 6.13. The summed E-state index contributed by atoms with van der Waals surface area (Å²) in [5.41, 5.74) is 18.8. The Morgan fingerprint density at radius 3 is 1.79 bits per heavy atom. The summed E-state index contributed by atoms with van der Waals surface area (Å²) in [4.78, 5) is 0. The third-order valence-electron chi connectivity index (χ3n) is 11.3. The minimum absolute atomic E-state index is 0. The van der Waals surface area contributed by atoms with Gasteiger partial charge < -0.3 is 24.8 Å². The van der Waals surface area contributed by atoms with Crippen LogP contribution in [0.15, 0.2) is 158 Å². The number of aryl methyl sites for hydroxylation is 2. The van der Waals surface area contributed by atoms with E-state index in [1.807, 2.05) is 0 Å². The number of rotatable bonds is 11. The van der Waals surface area contributed by atoms with Crippen LogP contribution >= 0.6 is 31.9 Å². The Morgan fingerprint density at radius 2 is 1.23 bits per heavy atom. The van der Waals surface area contributed by atoms with E-state index in [1.54, 1.807) is 23.2 Å². The van der Waals surface area contributed by atoms with Gasteiger partial charge in [-0.15, -0.1) is 0 Å². The van der Waals surface area contributed by atoms with E-state index < -0.39 is 21.3 Å². The summed E-state index contributed by atoms with van der Waals surface area (Å²) in [6.45, 7) is 7.02. The molecule has 0 aliphatic heterocycles. The van der Waals surface area contributed by atoms with Crippen LogP contribution in [0, 0.1) is 13.8 Å². The van der Waals surface area contributed by atoms with Crippen molar-refractivity contribution in [1.82, 2.24) is 0 Å². The number of hydrogen-bond donors (Lipinski definition) is 0. The van der Waals surface area contributed by atoms with Crippen molar-refractivity contribution < 1.29 is 46.1 Å². The van der Waals surface area contributed by atoms with Crippen LogP contribution in [0.3, 0.4) is 0 Å². The van der Waals surface area contributed by atoms with Crippen molar-refractivity contribution in [1.29, 1.82) is 0 Å². The summed E-state index contributed by atoms with van der Waals surface area (Å²) in [6, 6.07) is 48.3. The number of hydrogen-bond acceptors (Lipinski definition) is 0. The van der Waals surface area contributed by atoms with Crippen molar-refractivity contribution in [2.75, 3.05) is 0 Å². The topological polar surface area (TPSA) is 0 Å². The van der Waals surface area contributed by atoms with E-state index in [-0.39, 0.29) is 24.8 Å². The van der Waals surface area contributed by atoms with Crippen molar-refractivity contribution in [2.45, 2.75) is 62.9 Å². The SMILES string of the molecule is CCCCc1c(-c2ccccc2)c(C)cc2c1[CH]([Zr+2]([C]1=CC=CC1)=[C](Cc1ccc(Br)cc1)Cc1ccc(Br)cc1)c1cc(-c3ccccc3)c(C)cc1-2.[Cl-].[Cl-]. The number of halogens is 4. The molecule has 6 aromatic carbocycles. The van der Waals surface area contributed by atoms with Gasteiger partial charge in [0.25, 0.3) is 0 Å². The standard InChI is InChI=1S/C31H29.C15H12Br2.C5H5.2ClH.Zr/c1-4-5-16-26-30-20-25-19-27(23-12-8-6-9-13-23)21(2)17-28(25)29(30)18-22(3)31(26)24-14-10-7-11-15-24;16-14-8-4-12(5-9-14)2-1-3-13-6-10-15(17)11-7-13;1-2-4-5-3-1;;;/h6-15,17-20H,4-5,16H2,1-3H3;4-11H,2-3H2;1-3H,4H2;2*1H;/q;;;;;+2/p-2. The molecule has 0 aromatic heterocycles. The Labute approximate surface area is 370 Å². The average Bonchev–Trinajstić information content (AvgIpc) is 3.83. The van der Waals surface area contributed by atoms with Gasteiger partial charge in [-0.05, 0) is 0 Å². The molecule has 56 heavy (non-hydrogen) atoms. The molecule has 1 unspecified atom stereocenters. The fraction of sp³-hybridized carbons (Fsp3) is 0.196. The molecule has 5 heteroatoms. The van der Waals surface area contributed by atoms with Gasteiger partial charge >= 0.3 is 349 Å². The molecule has 0 saturated heterocycles. The summed E-state index contributed by atoms with van der Waals surface area (Å²) >= 11 is 4.63. The molecule has 0 nitrogen and oxygen atoms in total. The van der Waals surface area contributed by atoms with Crippen molar-refractivity contribution in [3.8, 4) is 33.4 Å². The largest absolute Gasteiger partial charge is 1.00 e. The zero-order valence-electron chi connectivity index (χ0n) is 32.2. The first-order valence-corrected chi connectivity index (χ1v) is 24.8. The van der Waals surface area contributed by atoms with E-state index >= 15 is 0 Å². The molecule has 2 aliphatic carbocycles. The van der Waals surface area contributed by atoms with Crippen molar-refractivity contribution in [3.63, 3.8) is 0 Å². The Hall–Kier alpha value is -2.91. The Bertz CT molecular complexity index is 2360. The van der Waals surface area contributed by atoms with Gasteiger partial charge in [0.2, 0.25) is 0 Å². The van der Waals surface area contributed by atoms with E-state index in [0.717, 1.165) is 34.6 Å². The molecule has 0 amide bonds. The molecule has 0 spiro atoms. The maximum atomic E-state index is 3.72. The van der Waals surface area contributed by atoms with Gasteiger partial charge in [0, 0.05) is 0 Å². The van der Waals surface area contributed by atoms with Crippen LogP contribution < -0.4 is 24.8 Å². The van der Waals surface area contributed by atoms with Crippen LogP contribution in [-0.4, -0.2) is 3.21 Å². The second kappa shape index (κ2) is 19.2. The number of unbranched alkanes of at least 4 members (excludes halogenated alkanes) is 1. The van der Waals surface area contributed by atoms with Gasteiger partial charge in [0.15, 0.2) is 0 Å². The number of fused-ring (bicyclic) bond motifs is 3.